The van der Waals surface area contributed by atoms with Crippen molar-refractivity contribution >= 4 is 18.7 Å². The van der Waals surface area contributed by atoms with E-state index in [1.165, 1.54) is 24.3 Å². The number of hydrogen-bond donors (Lipinski definition) is 0. The Balaban J connectivity index is 0.000000337. The number of aromatic nitrogens is 6. The number of rotatable bonds is 9. The maximum atomic E-state index is 11.2. The van der Waals surface area contributed by atoms with Crippen molar-refractivity contribution in [2.24, 2.45) is 0 Å². The van der Waals surface area contributed by atoms with Crippen molar-refractivity contribution in [1.82, 2.24) is 29.1 Å². The van der Waals surface area contributed by atoms with Crippen LogP contribution in [0.15, 0.2) is 231 Å². The van der Waals surface area contributed by atoms with Crippen LogP contribution in [-0.2, 0) is 17.1 Å². The average molecular weight is 899 g/mol. The summed E-state index contributed by atoms with van der Waals surface area (Å²) < 4.78 is 6.50. The molecule has 0 aliphatic heterocycles. The SMILES string of the molecule is O=C1C=CC(=O)c2c([O-])cccc21.[Fe+2].c1ccc(-c2cc(-c3ccccc3)n([BH-](n3nc(-c4ccccc4)cc3-c3ccccc3)n3nc(-c4ccccc4)cc3-c3ccccc3)n2)cc1. The van der Waals surface area contributed by atoms with E-state index in [0.717, 1.165) is 73.6 Å². The van der Waals surface area contributed by atoms with Crippen LogP contribution in [0.5, 0.6) is 5.75 Å². The Morgan fingerprint density at radius 1 is 0.364 bits per heavy atom. The molecule has 0 bridgehead atoms. The predicted octanol–water partition coefficient (Wildman–Crippen LogP) is 10.6. The molecule has 0 amide bonds. The molecule has 0 fully saturated rings. The van der Waals surface area contributed by atoms with Gasteiger partial charge in [-0.15, -0.1) is 0 Å². The van der Waals surface area contributed by atoms with Gasteiger partial charge in [0.05, 0.1) is 17.1 Å². The number of fused-ring (bicyclic) bond motifs is 1. The summed E-state index contributed by atoms with van der Waals surface area (Å²) in [7, 11) is -1.96. The van der Waals surface area contributed by atoms with Crippen molar-refractivity contribution < 1.29 is 31.8 Å². The van der Waals surface area contributed by atoms with Crippen LogP contribution < -0.4 is 5.11 Å². The summed E-state index contributed by atoms with van der Waals surface area (Å²) in [5.41, 5.74) is 12.1. The Morgan fingerprint density at radius 3 is 0.985 bits per heavy atom. The largest absolute Gasteiger partial charge is 2.00 e. The molecule has 0 saturated carbocycles. The van der Waals surface area contributed by atoms with Crippen molar-refractivity contribution in [3.8, 4) is 73.3 Å². The second-order valence-corrected chi connectivity index (χ2v) is 15.6. The first-order chi connectivity index (χ1) is 32.0. The number of ketones is 2. The molecule has 0 saturated heterocycles. The molecule has 66 heavy (non-hydrogen) atoms. The zero-order chi connectivity index (χ0) is 44.1. The fourth-order valence-electron chi connectivity index (χ4n) is 8.37. The van der Waals surface area contributed by atoms with Crippen LogP contribution >= 0.6 is 0 Å². The maximum absolute atomic E-state index is 11.2. The summed E-state index contributed by atoms with van der Waals surface area (Å²) in [6.07, 6.45) is 2.32. The monoisotopic (exact) mass is 898 g/mol. The third kappa shape index (κ3) is 8.64. The number of hydrogen-bond acceptors (Lipinski definition) is 6. The Kier molecular flexibility index (Phi) is 12.5. The average Bonchev–Trinajstić information content (AvgIpc) is 4.14. The third-order valence-electron chi connectivity index (χ3n) is 11.5. The first-order valence-corrected chi connectivity index (χ1v) is 21.4. The number of nitrogens with zero attached hydrogens (tertiary/aromatic N) is 6. The van der Waals surface area contributed by atoms with Gasteiger partial charge in [-0.3, -0.25) is 9.59 Å². The molecule has 7 aromatic carbocycles. The van der Waals surface area contributed by atoms with Gasteiger partial charge in [-0.2, -0.15) is 0 Å². The molecular weight excluding hydrogens is 859 g/mol. The van der Waals surface area contributed by atoms with Crippen LogP contribution in [0.4, 0.5) is 0 Å². The fourth-order valence-corrected chi connectivity index (χ4v) is 8.37. The first kappa shape index (κ1) is 42.9. The number of benzene rings is 7. The van der Waals surface area contributed by atoms with Gasteiger partial charge < -0.3 is 18.9 Å². The van der Waals surface area contributed by atoms with Crippen molar-refractivity contribution in [3.05, 3.63) is 242 Å². The molecule has 0 radical (unpaired) electrons. The van der Waals surface area contributed by atoms with Crippen LogP contribution in [0.1, 0.15) is 20.7 Å². The third-order valence-corrected chi connectivity index (χ3v) is 11.5. The summed E-state index contributed by atoms with van der Waals surface area (Å²) in [5, 5.41) is 27.6. The standard InChI is InChI=1S/C45H34BN6.C10H6O3.Fe/c1-7-19-34(20-8-1)40-31-43(37-25-13-4-14-26-37)50(47-40)46(51-44(38-27-15-5-16-28-38)32-41(48-51)35-21-9-2-10-22-35)52-45(39-29-17-6-18-30-39)33-42(49-52)36-23-11-3-12-24-36;11-7-4-5-9(13)10-6(7)2-1-3-8(10)12;/h1-33,46H;1-5,12H;/q-1;;+2/p-1. The van der Waals surface area contributed by atoms with Crippen molar-refractivity contribution in [1.29, 1.82) is 0 Å². The van der Waals surface area contributed by atoms with Crippen LogP contribution in [0.3, 0.4) is 0 Å². The quantitative estimate of drug-likeness (QED) is 0.133. The smallest absolute Gasteiger partial charge is 0.872 e. The van der Waals surface area contributed by atoms with Crippen LogP contribution in [-0.4, -0.2) is 47.8 Å². The second kappa shape index (κ2) is 19.2. The van der Waals surface area contributed by atoms with Crippen LogP contribution in [0.25, 0.3) is 67.5 Å². The topological polar surface area (TPSA) is 111 Å². The Morgan fingerprint density at radius 2 is 0.667 bits per heavy atom. The van der Waals surface area contributed by atoms with Gasteiger partial charge >= 0.3 is 24.2 Å². The van der Waals surface area contributed by atoms with Gasteiger partial charge in [-0.05, 0) is 47.0 Å². The molecule has 0 spiro atoms. The van der Waals surface area contributed by atoms with Crippen molar-refractivity contribution in [2.75, 3.05) is 0 Å². The van der Waals surface area contributed by atoms with Crippen molar-refractivity contribution in [2.45, 2.75) is 0 Å². The molecular formula is C55H39BFeN6O3. The normalized spacial score (nSPS) is 11.7. The van der Waals surface area contributed by atoms with Crippen molar-refractivity contribution in [3.63, 3.8) is 0 Å². The maximum Gasteiger partial charge on any atom is 2.00 e. The fraction of sp³-hybridized carbons (Fsp3) is 0. The minimum atomic E-state index is -1.96. The molecule has 11 rings (SSSR count). The molecule has 9 nitrogen and oxygen atoms in total. The van der Waals surface area contributed by atoms with E-state index in [1.54, 1.807) is 0 Å². The van der Waals surface area contributed by atoms with Gasteiger partial charge in [0.25, 0.3) is 0 Å². The molecule has 1 aliphatic rings. The van der Waals surface area contributed by atoms with E-state index >= 15 is 0 Å². The summed E-state index contributed by atoms with van der Waals surface area (Å²) in [5.74, 6) is -1.06. The summed E-state index contributed by atoms with van der Waals surface area (Å²) in [6.45, 7) is 0. The second-order valence-electron chi connectivity index (χ2n) is 15.6. The zero-order valence-corrected chi connectivity index (χ0v) is 36.5. The first-order valence-electron chi connectivity index (χ1n) is 21.4. The van der Waals surface area contributed by atoms with E-state index in [2.05, 4.69) is 178 Å². The number of carbonyl (C=O) groups excluding carboxylic acids is 2. The summed E-state index contributed by atoms with van der Waals surface area (Å²) in [4.78, 5) is 22.4. The van der Waals surface area contributed by atoms with Gasteiger partial charge in [0.1, 0.15) is 0 Å². The van der Waals surface area contributed by atoms with Gasteiger partial charge in [0.15, 0.2) is 11.6 Å². The molecule has 0 atom stereocenters. The van der Waals surface area contributed by atoms with Gasteiger partial charge in [0, 0.05) is 44.9 Å². The van der Waals surface area contributed by atoms with E-state index in [4.69, 9.17) is 15.3 Å². The number of carbonyl (C=O) groups is 2. The van der Waals surface area contributed by atoms with E-state index in [0.29, 0.717) is 0 Å². The van der Waals surface area contributed by atoms with Gasteiger partial charge in [-0.25, -0.2) is 15.3 Å². The van der Waals surface area contributed by atoms with E-state index < -0.39 is 7.12 Å². The predicted molar refractivity (Wildman–Crippen MR) is 256 cm³/mol. The molecule has 3 heterocycles. The molecule has 11 heteroatoms. The molecule has 0 N–H and O–H groups in total. The molecule has 0 unspecified atom stereocenters. The van der Waals surface area contributed by atoms with Crippen LogP contribution in [0.2, 0.25) is 0 Å². The zero-order valence-electron chi connectivity index (χ0n) is 35.4. The molecule has 10 aromatic rings. The van der Waals surface area contributed by atoms with E-state index in [9.17, 15) is 14.7 Å². The molecule has 1 aliphatic carbocycles. The Hall–Kier alpha value is -8.37. The summed E-state index contributed by atoms with van der Waals surface area (Å²) in [6, 6.07) is 73.4. The molecule has 318 valence electrons. The Labute approximate surface area is 392 Å². The van der Waals surface area contributed by atoms with Gasteiger partial charge in [0.2, 0.25) is 0 Å². The minimum absolute atomic E-state index is 0. The number of allylic oxidation sites excluding steroid dienone is 2. The van der Waals surface area contributed by atoms with Gasteiger partial charge in [-0.1, -0.05) is 206 Å². The summed E-state index contributed by atoms with van der Waals surface area (Å²) >= 11 is 0. The molecule has 3 aromatic heterocycles. The van der Waals surface area contributed by atoms with Crippen LogP contribution in [0, 0.1) is 0 Å². The van der Waals surface area contributed by atoms with E-state index in [-0.39, 0.29) is 45.5 Å². The minimum Gasteiger partial charge on any atom is -0.872 e. The Bertz CT molecular complexity index is 3010. The van der Waals surface area contributed by atoms with E-state index in [1.807, 2.05) is 36.4 Å².